The van der Waals surface area contributed by atoms with Crippen LogP contribution in [0.2, 0.25) is 0 Å². The minimum Gasteiger partial charge on any atom is -0.456 e. The summed E-state index contributed by atoms with van der Waals surface area (Å²) in [4.78, 5) is 14.0. The van der Waals surface area contributed by atoms with Crippen LogP contribution < -0.4 is 4.90 Å². The first kappa shape index (κ1) is 46.7. The molecule has 12 aromatic carbocycles. The van der Waals surface area contributed by atoms with Crippen molar-refractivity contribution in [2.24, 2.45) is 0 Å². The first-order valence-corrected chi connectivity index (χ1v) is 28.8. The highest BCUT2D eigenvalue weighted by atomic mass is 16.3. The number of furan rings is 1. The summed E-state index contributed by atoms with van der Waals surface area (Å²) in [5, 5.41) is 11.4. The molecule has 84 heavy (non-hydrogen) atoms. The molecule has 0 N–H and O–H groups in total. The van der Waals surface area contributed by atoms with Gasteiger partial charge in [0.05, 0.1) is 33.1 Å². The largest absolute Gasteiger partial charge is 0.456 e. The van der Waals surface area contributed by atoms with Crippen LogP contribution in [0.25, 0.3) is 138 Å². The smallest absolute Gasteiger partial charge is 0.238 e. The molecule has 18 rings (SSSR count). The lowest BCUT2D eigenvalue weighted by molar-refractivity contribution is 0.661. The Morgan fingerprint density at radius 2 is 0.845 bits per heavy atom. The van der Waals surface area contributed by atoms with Crippen LogP contribution in [-0.2, 0) is 5.41 Å². The van der Waals surface area contributed by atoms with E-state index in [2.05, 4.69) is 287 Å². The number of hydrogen-bond donors (Lipinski definition) is 0. The SMILES string of the molecule is CC1(C)c2ccccc2-c2cc3c4ccccc4n(-c4cc(-n5c6ccccc6c6cc(N(c7ccccc7)c7ccc8ccccc8c7)ccc65)nc(-n5c6ccccc6c6cc(-c7ccc8oc9ccccc9c8c7)ccc65)n4)c3cc21. The molecule has 0 saturated heterocycles. The predicted octanol–water partition coefficient (Wildman–Crippen LogP) is 20.3. The summed E-state index contributed by atoms with van der Waals surface area (Å²) < 4.78 is 13.3. The Labute approximate surface area is 482 Å². The van der Waals surface area contributed by atoms with E-state index in [-0.39, 0.29) is 5.41 Å². The lowest BCUT2D eigenvalue weighted by Gasteiger charge is -2.26. The van der Waals surface area contributed by atoms with Gasteiger partial charge in [0, 0.05) is 71.6 Å². The highest BCUT2D eigenvalue weighted by Gasteiger charge is 2.36. The third kappa shape index (κ3) is 6.75. The van der Waals surface area contributed by atoms with Crippen molar-refractivity contribution in [1.29, 1.82) is 0 Å². The van der Waals surface area contributed by atoms with Gasteiger partial charge in [-0.25, -0.2) is 0 Å². The molecule has 0 bridgehead atoms. The summed E-state index contributed by atoms with van der Waals surface area (Å²) in [6.45, 7) is 4.72. The topological polar surface area (TPSA) is 57.0 Å². The van der Waals surface area contributed by atoms with Gasteiger partial charge >= 0.3 is 0 Å². The Balaban J connectivity index is 0.894. The van der Waals surface area contributed by atoms with Crippen molar-refractivity contribution in [2.45, 2.75) is 19.3 Å². The summed E-state index contributed by atoms with van der Waals surface area (Å²) in [5.41, 5.74) is 18.5. The summed E-state index contributed by atoms with van der Waals surface area (Å²) in [7, 11) is 0. The molecule has 0 radical (unpaired) electrons. The standard InChI is InChI=1S/C77H50N6O/c1-77(2)64-27-13-8-22-54(64)59-44-62-57-25-10-15-29-67(57)82(71(62)45-65(59)77)75-46-74(78-76(79-75)83-68-30-16-11-23-55(68)60-41-49(33-37-70(60)83)50-34-39-73-63(42-50)58-26-12-17-31-72(58)84-73)81-66-28-14-9-24-56(66)61-43-53(36-38-69(61)81)80(51-20-4-3-5-21-51)52-35-32-47-18-6-7-19-48(47)40-52/h3-46H,1-2H3. The van der Waals surface area contributed by atoms with Crippen LogP contribution in [0.4, 0.5) is 17.1 Å². The Bertz CT molecular complexity index is 5620. The molecular weight excluding hydrogens is 1020 g/mol. The van der Waals surface area contributed by atoms with Crippen LogP contribution in [0.5, 0.6) is 0 Å². The molecule has 7 nitrogen and oxygen atoms in total. The van der Waals surface area contributed by atoms with Crippen molar-refractivity contribution in [3.63, 3.8) is 0 Å². The first-order valence-electron chi connectivity index (χ1n) is 28.8. The molecule has 394 valence electrons. The van der Waals surface area contributed by atoms with Crippen LogP contribution in [0.3, 0.4) is 0 Å². The number of hydrogen-bond acceptors (Lipinski definition) is 4. The van der Waals surface area contributed by atoms with Gasteiger partial charge in [0.15, 0.2) is 0 Å². The second-order valence-corrected chi connectivity index (χ2v) is 23.0. The van der Waals surface area contributed by atoms with Gasteiger partial charge in [-0.3, -0.25) is 13.7 Å². The molecular formula is C77H50N6O. The van der Waals surface area contributed by atoms with Gasteiger partial charge in [-0.1, -0.05) is 172 Å². The van der Waals surface area contributed by atoms with E-state index in [4.69, 9.17) is 14.4 Å². The van der Waals surface area contributed by atoms with Crippen molar-refractivity contribution < 1.29 is 4.42 Å². The summed E-state index contributed by atoms with van der Waals surface area (Å²) in [6.07, 6.45) is 0. The molecule has 0 fully saturated rings. The van der Waals surface area contributed by atoms with E-state index < -0.39 is 0 Å². The third-order valence-electron chi connectivity index (χ3n) is 18.0. The number of fused-ring (bicyclic) bond motifs is 16. The number of benzene rings is 12. The van der Waals surface area contributed by atoms with E-state index in [1.54, 1.807) is 0 Å². The number of para-hydroxylation sites is 5. The van der Waals surface area contributed by atoms with Crippen LogP contribution in [-0.4, -0.2) is 23.7 Å². The second kappa shape index (κ2) is 17.5. The Kier molecular flexibility index (Phi) is 9.73. The molecule has 17 aromatic rings. The van der Waals surface area contributed by atoms with Crippen molar-refractivity contribution in [1.82, 2.24) is 23.7 Å². The maximum atomic E-state index is 6.27. The lowest BCUT2D eigenvalue weighted by Crippen LogP contribution is -2.15. The molecule has 0 saturated carbocycles. The highest BCUT2D eigenvalue weighted by molar-refractivity contribution is 6.14. The lowest BCUT2D eigenvalue weighted by atomic mass is 9.82. The average molecular weight is 1080 g/mol. The van der Waals surface area contributed by atoms with Crippen LogP contribution >= 0.6 is 0 Å². The maximum Gasteiger partial charge on any atom is 0.238 e. The number of aromatic nitrogens is 5. The van der Waals surface area contributed by atoms with Crippen LogP contribution in [0.1, 0.15) is 25.0 Å². The first-order chi connectivity index (χ1) is 41.4. The Morgan fingerprint density at radius 1 is 0.321 bits per heavy atom. The molecule has 0 amide bonds. The fourth-order valence-corrected chi connectivity index (χ4v) is 14.1. The van der Waals surface area contributed by atoms with E-state index in [9.17, 15) is 0 Å². The van der Waals surface area contributed by atoms with Crippen molar-refractivity contribution in [3.05, 3.63) is 278 Å². The van der Waals surface area contributed by atoms with Gasteiger partial charge in [-0.15, -0.1) is 0 Å². The maximum absolute atomic E-state index is 6.27. The fraction of sp³-hybridized carbons (Fsp3) is 0.0390. The summed E-state index contributed by atoms with van der Waals surface area (Å²) in [5.74, 6) is 2.10. The molecule has 0 spiro atoms. The number of rotatable bonds is 7. The zero-order valence-corrected chi connectivity index (χ0v) is 46.0. The number of nitrogens with zero attached hydrogens (tertiary/aromatic N) is 6. The quantitative estimate of drug-likeness (QED) is 0.160. The summed E-state index contributed by atoms with van der Waals surface area (Å²) in [6, 6.07) is 96.7. The van der Waals surface area contributed by atoms with Crippen LogP contribution in [0.15, 0.2) is 271 Å². The molecule has 7 heteroatoms. The normalized spacial score (nSPS) is 13.0. The second-order valence-electron chi connectivity index (χ2n) is 23.0. The molecule has 0 aliphatic heterocycles. The van der Waals surface area contributed by atoms with Gasteiger partial charge in [-0.05, 0) is 147 Å². The van der Waals surface area contributed by atoms with Gasteiger partial charge in [0.1, 0.15) is 22.8 Å². The van der Waals surface area contributed by atoms with Gasteiger partial charge in [-0.2, -0.15) is 9.97 Å². The Hall–Kier alpha value is -11.0. The molecule has 1 aliphatic rings. The molecule has 5 aromatic heterocycles. The predicted molar refractivity (Wildman–Crippen MR) is 348 cm³/mol. The number of anilines is 3. The zero-order valence-electron chi connectivity index (χ0n) is 46.0. The van der Waals surface area contributed by atoms with Crippen molar-refractivity contribution in [3.8, 4) is 39.8 Å². The van der Waals surface area contributed by atoms with Gasteiger partial charge in [0.25, 0.3) is 0 Å². The highest BCUT2D eigenvalue weighted by Crippen LogP contribution is 2.51. The van der Waals surface area contributed by atoms with E-state index in [0.717, 1.165) is 116 Å². The minimum absolute atomic E-state index is 0.213. The monoisotopic (exact) mass is 1070 g/mol. The fourth-order valence-electron chi connectivity index (χ4n) is 14.1. The minimum atomic E-state index is -0.213. The van der Waals surface area contributed by atoms with Gasteiger partial charge in [0.2, 0.25) is 5.95 Å². The zero-order chi connectivity index (χ0) is 55.4. The van der Waals surface area contributed by atoms with E-state index >= 15 is 0 Å². The van der Waals surface area contributed by atoms with E-state index in [1.807, 2.05) is 12.1 Å². The van der Waals surface area contributed by atoms with Crippen LogP contribution in [0, 0.1) is 0 Å². The summed E-state index contributed by atoms with van der Waals surface area (Å²) >= 11 is 0. The third-order valence-corrected chi connectivity index (χ3v) is 18.0. The Morgan fingerprint density at radius 3 is 1.61 bits per heavy atom. The molecule has 0 atom stereocenters. The van der Waals surface area contributed by atoms with E-state index in [0.29, 0.717) is 5.95 Å². The molecule has 5 heterocycles. The molecule has 1 aliphatic carbocycles. The average Bonchev–Trinajstić information content (AvgIpc) is 2.07. The van der Waals surface area contributed by atoms with Gasteiger partial charge < -0.3 is 9.32 Å². The van der Waals surface area contributed by atoms with E-state index in [1.165, 1.54) is 43.8 Å². The van der Waals surface area contributed by atoms with Crippen molar-refractivity contribution >= 4 is 115 Å². The molecule has 0 unspecified atom stereocenters. The van der Waals surface area contributed by atoms with Crippen molar-refractivity contribution in [2.75, 3.05) is 4.90 Å².